The number of nitrogens with zero attached hydrogens (tertiary/aromatic N) is 1. The average Bonchev–Trinajstić information content (AvgIpc) is 2.64. The van der Waals surface area contributed by atoms with Crippen molar-refractivity contribution in [3.05, 3.63) is 65.5 Å². The predicted octanol–water partition coefficient (Wildman–Crippen LogP) is 3.35. The molecule has 1 amide bonds. The highest BCUT2D eigenvalue weighted by Gasteiger charge is 2.07. The maximum absolute atomic E-state index is 10.9. The van der Waals surface area contributed by atoms with E-state index < -0.39 is 12.0 Å². The molecule has 5 nitrogen and oxygen atoms in total. The van der Waals surface area contributed by atoms with E-state index in [1.807, 2.05) is 48.6 Å². The molecule has 5 heteroatoms. The van der Waals surface area contributed by atoms with Crippen molar-refractivity contribution in [1.82, 2.24) is 10.5 Å². The van der Waals surface area contributed by atoms with Gasteiger partial charge >= 0.3 is 0 Å². The Hall–Kier alpha value is -2.50. The van der Waals surface area contributed by atoms with E-state index in [2.05, 4.69) is 4.98 Å². The second kappa shape index (κ2) is 9.60. The number of benzene rings is 1. The molecule has 0 fully saturated rings. The van der Waals surface area contributed by atoms with E-state index in [-0.39, 0.29) is 6.42 Å². The van der Waals surface area contributed by atoms with Crippen LogP contribution < -0.4 is 5.48 Å². The van der Waals surface area contributed by atoms with Gasteiger partial charge in [0.1, 0.15) is 0 Å². The summed E-state index contributed by atoms with van der Waals surface area (Å²) in [6.07, 6.45) is 9.20. The number of hydroxylamine groups is 1. The van der Waals surface area contributed by atoms with Gasteiger partial charge in [0, 0.05) is 18.8 Å². The summed E-state index contributed by atoms with van der Waals surface area (Å²) in [7, 11) is 0. The van der Waals surface area contributed by atoms with E-state index in [4.69, 9.17) is 5.21 Å². The van der Waals surface area contributed by atoms with Gasteiger partial charge in [0.05, 0.1) is 6.10 Å². The molecule has 1 aromatic carbocycles. The summed E-state index contributed by atoms with van der Waals surface area (Å²) >= 11 is 0. The zero-order valence-corrected chi connectivity index (χ0v) is 13.4. The Bertz CT molecular complexity index is 654. The molecule has 2 aromatic rings. The number of carbonyl (C=O) groups excluding carboxylic acids is 1. The molecule has 1 atom stereocenters. The van der Waals surface area contributed by atoms with Crippen LogP contribution in [-0.2, 0) is 4.79 Å². The highest BCUT2D eigenvalue weighted by Crippen LogP contribution is 2.20. The number of unbranched alkanes of at least 4 members (excludes halogenated alkanes) is 1. The molecule has 24 heavy (non-hydrogen) atoms. The summed E-state index contributed by atoms with van der Waals surface area (Å²) in [6, 6.07) is 11.6. The van der Waals surface area contributed by atoms with Crippen molar-refractivity contribution in [2.45, 2.75) is 31.8 Å². The minimum absolute atomic E-state index is 0.266. The van der Waals surface area contributed by atoms with Crippen LogP contribution in [0.3, 0.4) is 0 Å². The molecule has 0 aliphatic rings. The van der Waals surface area contributed by atoms with Crippen molar-refractivity contribution >= 4 is 18.1 Å². The molecular weight excluding hydrogens is 304 g/mol. The Morgan fingerprint density at radius 1 is 1.04 bits per heavy atom. The largest absolute Gasteiger partial charge is 0.388 e. The van der Waals surface area contributed by atoms with Gasteiger partial charge in [0.25, 0.3) is 0 Å². The summed E-state index contributed by atoms with van der Waals surface area (Å²) in [6.45, 7) is 0. The second-order valence-corrected chi connectivity index (χ2v) is 5.58. The monoisotopic (exact) mass is 326 g/mol. The fourth-order valence-corrected chi connectivity index (χ4v) is 2.34. The number of amides is 1. The summed E-state index contributed by atoms with van der Waals surface area (Å²) in [5.74, 6) is -0.394. The van der Waals surface area contributed by atoms with Gasteiger partial charge in [-0.1, -0.05) is 42.8 Å². The van der Waals surface area contributed by atoms with Gasteiger partial charge in [-0.3, -0.25) is 15.0 Å². The SMILES string of the molecule is O=C(CCCCC(O)c1ccc(/C=C/c2ccncc2)cc1)NO. The fraction of sp³-hybridized carbons (Fsp3) is 0.263. The van der Waals surface area contributed by atoms with Crippen molar-refractivity contribution in [2.24, 2.45) is 0 Å². The Morgan fingerprint density at radius 3 is 2.29 bits per heavy atom. The predicted molar refractivity (Wildman–Crippen MR) is 93.0 cm³/mol. The minimum Gasteiger partial charge on any atom is -0.388 e. The van der Waals surface area contributed by atoms with Gasteiger partial charge in [-0.25, -0.2) is 5.48 Å². The first-order valence-corrected chi connectivity index (χ1v) is 7.98. The van der Waals surface area contributed by atoms with Crippen molar-refractivity contribution < 1.29 is 15.1 Å². The fourth-order valence-electron chi connectivity index (χ4n) is 2.34. The molecule has 1 aromatic heterocycles. The first-order chi connectivity index (χ1) is 11.7. The lowest BCUT2D eigenvalue weighted by Crippen LogP contribution is -2.17. The second-order valence-electron chi connectivity index (χ2n) is 5.58. The lowest BCUT2D eigenvalue weighted by molar-refractivity contribution is -0.129. The molecule has 2 rings (SSSR count). The highest BCUT2D eigenvalue weighted by atomic mass is 16.5. The summed E-state index contributed by atoms with van der Waals surface area (Å²) in [4.78, 5) is 14.9. The summed E-state index contributed by atoms with van der Waals surface area (Å²) in [5, 5.41) is 18.6. The maximum atomic E-state index is 10.9. The van der Waals surface area contributed by atoms with Gasteiger partial charge in [0.2, 0.25) is 5.91 Å². The molecule has 126 valence electrons. The lowest BCUT2D eigenvalue weighted by Gasteiger charge is -2.11. The summed E-state index contributed by atoms with van der Waals surface area (Å²) in [5.41, 5.74) is 4.61. The van der Waals surface area contributed by atoms with E-state index in [1.54, 1.807) is 17.9 Å². The smallest absolute Gasteiger partial charge is 0.243 e. The summed E-state index contributed by atoms with van der Waals surface area (Å²) < 4.78 is 0. The van der Waals surface area contributed by atoms with Crippen LogP contribution in [0.25, 0.3) is 12.2 Å². The van der Waals surface area contributed by atoms with E-state index in [0.717, 1.165) is 23.1 Å². The van der Waals surface area contributed by atoms with Crippen LogP contribution in [0.5, 0.6) is 0 Å². The highest BCUT2D eigenvalue weighted by molar-refractivity contribution is 5.74. The molecular formula is C19H22N2O3. The van der Waals surface area contributed by atoms with Crippen LogP contribution in [0, 0.1) is 0 Å². The number of hydrogen-bond donors (Lipinski definition) is 3. The first-order valence-electron chi connectivity index (χ1n) is 7.98. The lowest BCUT2D eigenvalue weighted by atomic mass is 10.0. The van der Waals surface area contributed by atoms with Crippen LogP contribution >= 0.6 is 0 Å². The quantitative estimate of drug-likeness (QED) is 0.395. The van der Waals surface area contributed by atoms with Crippen LogP contribution in [-0.4, -0.2) is 21.2 Å². The van der Waals surface area contributed by atoms with E-state index in [0.29, 0.717) is 12.8 Å². The van der Waals surface area contributed by atoms with Crippen molar-refractivity contribution in [2.75, 3.05) is 0 Å². The number of nitrogens with one attached hydrogen (secondary N) is 1. The Morgan fingerprint density at radius 2 is 1.67 bits per heavy atom. The molecule has 1 heterocycles. The number of hydrogen-bond acceptors (Lipinski definition) is 4. The Kier molecular flexibility index (Phi) is 7.14. The van der Waals surface area contributed by atoms with Crippen LogP contribution in [0.15, 0.2) is 48.8 Å². The standard InChI is InChI=1S/C19H22N2O3/c22-18(3-1-2-4-19(23)21-24)17-9-7-15(8-10-17)5-6-16-11-13-20-14-12-16/h5-14,18,22,24H,1-4H2,(H,21,23)/b6-5+. The number of carbonyl (C=O) groups is 1. The third-order valence-electron chi connectivity index (χ3n) is 3.75. The molecule has 0 saturated heterocycles. The third-order valence-corrected chi connectivity index (χ3v) is 3.75. The van der Waals surface area contributed by atoms with Gasteiger partial charge in [-0.05, 0) is 41.7 Å². The van der Waals surface area contributed by atoms with Crippen LogP contribution in [0.1, 0.15) is 48.5 Å². The van der Waals surface area contributed by atoms with Crippen molar-refractivity contribution in [1.29, 1.82) is 0 Å². The molecule has 0 bridgehead atoms. The third kappa shape index (κ3) is 5.95. The van der Waals surface area contributed by atoms with Gasteiger partial charge in [0.15, 0.2) is 0 Å². The number of pyridine rings is 1. The molecule has 1 unspecified atom stereocenters. The van der Waals surface area contributed by atoms with Gasteiger partial charge < -0.3 is 5.11 Å². The first kappa shape index (κ1) is 17.8. The zero-order chi connectivity index (χ0) is 17.2. The minimum atomic E-state index is -0.541. The Balaban J connectivity index is 1.82. The average molecular weight is 326 g/mol. The molecule has 0 saturated carbocycles. The molecule has 0 aliphatic carbocycles. The normalized spacial score (nSPS) is 12.2. The van der Waals surface area contributed by atoms with Gasteiger partial charge in [-0.15, -0.1) is 0 Å². The Labute approximate surface area is 141 Å². The van der Waals surface area contributed by atoms with E-state index >= 15 is 0 Å². The number of aliphatic hydroxyl groups is 1. The van der Waals surface area contributed by atoms with E-state index in [1.165, 1.54) is 0 Å². The van der Waals surface area contributed by atoms with Crippen LogP contribution in [0.2, 0.25) is 0 Å². The van der Waals surface area contributed by atoms with Gasteiger partial charge in [-0.2, -0.15) is 0 Å². The molecule has 0 aliphatic heterocycles. The van der Waals surface area contributed by atoms with Crippen molar-refractivity contribution in [3.8, 4) is 0 Å². The maximum Gasteiger partial charge on any atom is 0.243 e. The van der Waals surface area contributed by atoms with E-state index in [9.17, 15) is 9.90 Å². The number of aliphatic hydroxyl groups excluding tert-OH is 1. The number of rotatable bonds is 8. The molecule has 3 N–H and O–H groups in total. The van der Waals surface area contributed by atoms with Crippen LogP contribution in [0.4, 0.5) is 0 Å². The molecule has 0 radical (unpaired) electrons. The number of aromatic nitrogens is 1. The van der Waals surface area contributed by atoms with Crippen molar-refractivity contribution in [3.63, 3.8) is 0 Å². The molecule has 0 spiro atoms. The zero-order valence-electron chi connectivity index (χ0n) is 13.4. The topological polar surface area (TPSA) is 82.5 Å².